The Morgan fingerprint density at radius 2 is 2.00 bits per heavy atom. The van der Waals surface area contributed by atoms with Crippen LogP contribution in [0.3, 0.4) is 0 Å². The van der Waals surface area contributed by atoms with Crippen LogP contribution in [0, 0.1) is 11.8 Å². The molecule has 3 unspecified atom stereocenters. The van der Waals surface area contributed by atoms with E-state index in [-0.39, 0.29) is 23.2 Å². The Morgan fingerprint density at radius 1 is 1.24 bits per heavy atom. The Labute approximate surface area is 221 Å². The number of benzene rings is 2. The topological polar surface area (TPSA) is 76.2 Å². The minimum Gasteiger partial charge on any atom is -0.461 e. The van der Waals surface area contributed by atoms with Gasteiger partial charge in [-0.05, 0) is 62.5 Å². The second-order valence-corrected chi connectivity index (χ2v) is 12.6. The van der Waals surface area contributed by atoms with Gasteiger partial charge in [0, 0.05) is 25.3 Å². The summed E-state index contributed by atoms with van der Waals surface area (Å²) in [4.78, 5) is 14.5. The first-order valence-corrected chi connectivity index (χ1v) is 15.1. The third-order valence-corrected chi connectivity index (χ3v) is 10.7. The van der Waals surface area contributed by atoms with E-state index in [1.165, 1.54) is 17.8 Å². The van der Waals surface area contributed by atoms with Crippen LogP contribution in [-0.4, -0.2) is 50.7 Å². The Balaban J connectivity index is 1.66. The number of likely N-dealkylation sites (N-methyl/N-ethyl adjacent to an activating group) is 1. The van der Waals surface area contributed by atoms with Crippen molar-refractivity contribution in [1.82, 2.24) is 4.31 Å². The number of hydrogen-bond donors (Lipinski definition) is 0. The molecular formula is C27H31FN2O5S2. The number of ether oxygens (including phenoxy) is 2. The zero-order valence-electron chi connectivity index (χ0n) is 21.1. The van der Waals surface area contributed by atoms with Crippen molar-refractivity contribution in [3.05, 3.63) is 54.6 Å². The predicted octanol–water partition coefficient (Wildman–Crippen LogP) is 5.49. The van der Waals surface area contributed by atoms with Gasteiger partial charge < -0.3 is 14.4 Å². The molecule has 3 aliphatic rings. The fraction of sp³-hybridized carbons (Fsp3) is 0.444. The molecule has 7 nitrogen and oxygen atoms in total. The molecule has 2 aromatic carbocycles. The molecule has 0 amide bonds. The highest BCUT2D eigenvalue weighted by Crippen LogP contribution is 2.57. The van der Waals surface area contributed by atoms with Gasteiger partial charge in [0.15, 0.2) is 0 Å². The molecule has 2 fully saturated rings. The lowest BCUT2D eigenvalue weighted by Crippen LogP contribution is -2.57. The van der Waals surface area contributed by atoms with E-state index < -0.39 is 27.4 Å². The van der Waals surface area contributed by atoms with Crippen molar-refractivity contribution < 1.29 is 27.1 Å². The first kappa shape index (κ1) is 26.1. The minimum absolute atomic E-state index is 0.0263. The molecule has 0 aromatic heterocycles. The van der Waals surface area contributed by atoms with E-state index in [0.717, 1.165) is 31.4 Å². The number of halogens is 1. The second-order valence-electron chi connectivity index (χ2n) is 9.85. The average Bonchev–Trinajstić information content (AvgIpc) is 3.50. The number of rotatable bonds is 6. The molecule has 10 heteroatoms. The van der Waals surface area contributed by atoms with Gasteiger partial charge >= 0.3 is 5.97 Å². The second kappa shape index (κ2) is 9.96. The van der Waals surface area contributed by atoms with Gasteiger partial charge in [0.25, 0.3) is 0 Å². The highest BCUT2D eigenvalue weighted by atomic mass is 32.2. The van der Waals surface area contributed by atoms with Crippen molar-refractivity contribution in [2.75, 3.05) is 31.4 Å². The fourth-order valence-corrected chi connectivity index (χ4v) is 8.52. The fourth-order valence-electron chi connectivity index (χ4n) is 6.24. The molecule has 2 aromatic rings. The van der Waals surface area contributed by atoms with Crippen molar-refractivity contribution in [3.8, 4) is 5.75 Å². The van der Waals surface area contributed by atoms with E-state index in [1.807, 2.05) is 36.6 Å². The summed E-state index contributed by atoms with van der Waals surface area (Å²) in [5.74, 6) is -1.37. The molecule has 3 atom stereocenters. The number of esters is 1. The standard InChI is InChI=1S/C27H31FN2O5S2/c1-4-34-26(31)21(28)16-35-23-14-25-22(13-24(23)36-3)30(20-8-6-5-7-9-20)17-27(29(2)37(25,32)33)15-18-10-11-19(27)12-18/h5-9,13-14,16,18-19H,4,10-12,15,17H2,1-3H3/b21-16-. The van der Waals surface area contributed by atoms with Gasteiger partial charge in [-0.2, -0.15) is 8.70 Å². The summed E-state index contributed by atoms with van der Waals surface area (Å²) >= 11 is 1.35. The molecule has 2 saturated carbocycles. The summed E-state index contributed by atoms with van der Waals surface area (Å²) in [6, 6.07) is 13.0. The molecule has 37 heavy (non-hydrogen) atoms. The number of anilines is 2. The number of hydrogen-bond acceptors (Lipinski definition) is 7. The van der Waals surface area contributed by atoms with Crippen molar-refractivity contribution >= 4 is 39.1 Å². The van der Waals surface area contributed by atoms with E-state index in [2.05, 4.69) is 9.64 Å². The largest absolute Gasteiger partial charge is 0.461 e. The minimum atomic E-state index is -3.93. The van der Waals surface area contributed by atoms with E-state index in [4.69, 9.17) is 4.74 Å². The molecule has 5 rings (SSSR count). The van der Waals surface area contributed by atoms with Gasteiger partial charge in [-0.25, -0.2) is 13.2 Å². The maximum atomic E-state index is 14.2. The number of fused-ring (bicyclic) bond motifs is 4. The van der Waals surface area contributed by atoms with Gasteiger partial charge in [0.1, 0.15) is 16.9 Å². The molecule has 0 radical (unpaired) electrons. The number of sulfonamides is 1. The predicted molar refractivity (Wildman–Crippen MR) is 141 cm³/mol. The highest BCUT2D eigenvalue weighted by Gasteiger charge is 2.58. The van der Waals surface area contributed by atoms with Crippen LogP contribution in [0.25, 0.3) is 0 Å². The summed E-state index contributed by atoms with van der Waals surface area (Å²) in [7, 11) is -2.23. The van der Waals surface area contributed by atoms with Crippen molar-refractivity contribution in [3.63, 3.8) is 0 Å². The van der Waals surface area contributed by atoms with Crippen molar-refractivity contribution in [1.29, 1.82) is 0 Å². The zero-order valence-corrected chi connectivity index (χ0v) is 22.8. The Bertz CT molecular complexity index is 1330. The number of carbonyl (C=O) groups excluding carboxylic acids is 1. The van der Waals surface area contributed by atoms with Gasteiger partial charge in [-0.15, -0.1) is 11.8 Å². The lowest BCUT2D eigenvalue weighted by Gasteiger charge is -2.45. The van der Waals surface area contributed by atoms with Gasteiger partial charge in [0.2, 0.25) is 15.9 Å². The maximum absolute atomic E-state index is 14.2. The van der Waals surface area contributed by atoms with Gasteiger partial charge in [-0.1, -0.05) is 24.6 Å². The van der Waals surface area contributed by atoms with Crippen LogP contribution >= 0.6 is 11.8 Å². The van der Waals surface area contributed by atoms with Gasteiger partial charge in [0.05, 0.1) is 22.7 Å². The Morgan fingerprint density at radius 3 is 2.62 bits per heavy atom. The summed E-state index contributed by atoms with van der Waals surface area (Å²) in [5, 5.41) is 0. The van der Waals surface area contributed by atoms with Crippen LogP contribution in [-0.2, 0) is 19.6 Å². The first-order chi connectivity index (χ1) is 17.7. The molecule has 2 bridgehead atoms. The van der Waals surface area contributed by atoms with Crippen molar-refractivity contribution in [2.24, 2.45) is 11.8 Å². The molecule has 2 aliphatic carbocycles. The Hall–Kier alpha value is -2.56. The van der Waals surface area contributed by atoms with Crippen molar-refractivity contribution in [2.45, 2.75) is 47.9 Å². The molecule has 1 aliphatic heterocycles. The zero-order chi connectivity index (χ0) is 26.4. The molecule has 1 heterocycles. The highest BCUT2D eigenvalue weighted by molar-refractivity contribution is 7.98. The van der Waals surface area contributed by atoms with Crippen LogP contribution in [0.5, 0.6) is 5.75 Å². The van der Waals surface area contributed by atoms with E-state index in [1.54, 1.807) is 24.3 Å². The lowest BCUT2D eigenvalue weighted by atomic mass is 9.80. The van der Waals surface area contributed by atoms with E-state index >= 15 is 0 Å². The quantitative estimate of drug-likeness (QED) is 0.205. The van der Waals surface area contributed by atoms with E-state index in [0.29, 0.717) is 29.3 Å². The molecule has 1 spiro atoms. The van der Waals surface area contributed by atoms with Crippen LogP contribution in [0.2, 0.25) is 0 Å². The number of nitrogens with zero attached hydrogens (tertiary/aromatic N) is 2. The van der Waals surface area contributed by atoms with Crippen LogP contribution < -0.4 is 9.64 Å². The number of carbonyl (C=O) groups is 1. The average molecular weight is 547 g/mol. The maximum Gasteiger partial charge on any atom is 0.370 e. The summed E-state index contributed by atoms with van der Waals surface area (Å²) < 4.78 is 54.4. The summed E-state index contributed by atoms with van der Waals surface area (Å²) in [5.41, 5.74) is 0.946. The number of para-hydroxylation sites is 1. The van der Waals surface area contributed by atoms with Crippen LogP contribution in [0.4, 0.5) is 15.8 Å². The summed E-state index contributed by atoms with van der Waals surface area (Å²) in [6.07, 6.45) is 6.54. The van der Waals surface area contributed by atoms with Gasteiger partial charge in [-0.3, -0.25) is 0 Å². The number of thioether (sulfide) groups is 1. The normalized spacial score (nSPS) is 26.7. The summed E-state index contributed by atoms with van der Waals surface area (Å²) in [6.45, 7) is 2.15. The molecule has 0 saturated heterocycles. The van der Waals surface area contributed by atoms with Crippen LogP contribution in [0.1, 0.15) is 32.6 Å². The SMILES string of the molecule is CCOC(=O)/C(F)=C/Oc1cc2c(cc1SC)N(c1ccccc1)CC1(CC3CCC1C3)N(C)S2(=O)=O. The molecule has 0 N–H and O–H groups in total. The first-order valence-electron chi connectivity index (χ1n) is 12.4. The lowest BCUT2D eigenvalue weighted by molar-refractivity contribution is -0.140. The van der Waals surface area contributed by atoms with E-state index in [9.17, 15) is 17.6 Å². The third-order valence-electron chi connectivity index (χ3n) is 8.00. The van der Waals surface area contributed by atoms with Crippen LogP contribution in [0.15, 0.2) is 64.3 Å². The molecule has 198 valence electrons. The Kier molecular flexibility index (Phi) is 7.02. The smallest absolute Gasteiger partial charge is 0.370 e. The third kappa shape index (κ3) is 4.42. The monoisotopic (exact) mass is 546 g/mol. The molecular weight excluding hydrogens is 515 g/mol.